The standard InChI is InChI=1S/C70H76ClN3S/c1-66(2,3)49-24-33-54(34-25-49)72(55-35-26-50(27-36-55)67(4,5)6)58-22-19-23-59(45-58)73(56-37-28-51(29-38-56)68(7,8)9)61-42-48(47-20-17-16-18-21-47)43-62(65(61)71)74(57-39-30-52(31-40-57)69(10,11)12)63-46-75-64-41-32-53(44-60(63)64)70(13,14)15/h16-46H,1-15H3/i16D,17D,18D,20D,21D. The van der Waals surface area contributed by atoms with Gasteiger partial charge in [-0.2, -0.15) is 0 Å². The number of nitrogens with zero attached hydrogens (tertiary/aromatic N) is 3. The van der Waals surface area contributed by atoms with Crippen LogP contribution in [0, 0.1) is 0 Å². The quantitative estimate of drug-likeness (QED) is 0.135. The summed E-state index contributed by atoms with van der Waals surface area (Å²) in [5.41, 5.74) is 13.3. The smallest absolute Gasteiger partial charge is 0.0887 e. The van der Waals surface area contributed by atoms with Crippen LogP contribution in [0.2, 0.25) is 5.02 Å². The van der Waals surface area contributed by atoms with E-state index >= 15 is 0 Å². The molecule has 1 heterocycles. The van der Waals surface area contributed by atoms with Crippen molar-refractivity contribution in [2.75, 3.05) is 14.7 Å². The summed E-state index contributed by atoms with van der Waals surface area (Å²) < 4.78 is 46.6. The lowest BCUT2D eigenvalue weighted by atomic mass is 9.86. The van der Waals surface area contributed by atoms with Crippen molar-refractivity contribution in [1.82, 2.24) is 0 Å². The summed E-state index contributed by atoms with van der Waals surface area (Å²) in [7, 11) is 0. The number of halogens is 1. The highest BCUT2D eigenvalue weighted by molar-refractivity contribution is 7.17. The molecule has 9 rings (SSSR count). The van der Waals surface area contributed by atoms with Crippen LogP contribution in [0.5, 0.6) is 0 Å². The van der Waals surface area contributed by atoms with Crippen molar-refractivity contribution in [1.29, 1.82) is 0 Å². The summed E-state index contributed by atoms with van der Waals surface area (Å²) >= 11 is 9.92. The van der Waals surface area contributed by atoms with Crippen LogP contribution in [-0.4, -0.2) is 0 Å². The van der Waals surface area contributed by atoms with Crippen molar-refractivity contribution in [3.8, 4) is 11.1 Å². The molecule has 5 heteroatoms. The molecule has 0 saturated heterocycles. The monoisotopic (exact) mass is 1030 g/mol. The van der Waals surface area contributed by atoms with Crippen molar-refractivity contribution in [2.24, 2.45) is 0 Å². The van der Waals surface area contributed by atoms with Gasteiger partial charge in [-0.05, 0) is 157 Å². The Hall–Kier alpha value is -6.59. The van der Waals surface area contributed by atoms with E-state index in [2.05, 4.69) is 263 Å². The van der Waals surface area contributed by atoms with Gasteiger partial charge >= 0.3 is 0 Å². The van der Waals surface area contributed by atoms with Gasteiger partial charge in [0.25, 0.3) is 0 Å². The number of hydrogen-bond donors (Lipinski definition) is 0. The number of thiophene rings is 1. The normalized spacial score (nSPS) is 13.5. The number of hydrogen-bond acceptors (Lipinski definition) is 4. The largest absolute Gasteiger partial charge is 0.310 e. The number of benzene rings is 8. The highest BCUT2D eigenvalue weighted by Gasteiger charge is 2.29. The predicted octanol–water partition coefficient (Wildman–Crippen LogP) is 22.1. The lowest BCUT2D eigenvalue weighted by molar-refractivity contribution is 0.590. The summed E-state index contributed by atoms with van der Waals surface area (Å²) in [5.74, 6) is 0. The minimum atomic E-state index is -0.457. The summed E-state index contributed by atoms with van der Waals surface area (Å²) in [6, 6.07) is 51.9. The Morgan fingerprint density at radius 2 is 0.733 bits per heavy atom. The predicted molar refractivity (Wildman–Crippen MR) is 330 cm³/mol. The van der Waals surface area contributed by atoms with E-state index in [1.54, 1.807) is 11.3 Å². The molecule has 384 valence electrons. The highest BCUT2D eigenvalue weighted by Crippen LogP contribution is 2.52. The minimum Gasteiger partial charge on any atom is -0.310 e. The molecule has 0 saturated carbocycles. The third kappa shape index (κ3) is 11.3. The third-order valence-corrected chi connectivity index (χ3v) is 15.6. The fourth-order valence-corrected chi connectivity index (χ4v) is 10.8. The molecule has 0 aliphatic heterocycles. The van der Waals surface area contributed by atoms with Gasteiger partial charge < -0.3 is 14.7 Å². The molecule has 0 spiro atoms. The Labute approximate surface area is 465 Å². The lowest BCUT2D eigenvalue weighted by Crippen LogP contribution is -2.17. The molecule has 0 unspecified atom stereocenters. The Balaban J connectivity index is 1.38. The van der Waals surface area contributed by atoms with E-state index in [9.17, 15) is 2.74 Å². The van der Waals surface area contributed by atoms with Crippen LogP contribution in [0.15, 0.2) is 187 Å². The average molecular weight is 1030 g/mol. The molecule has 0 aliphatic rings. The lowest BCUT2D eigenvalue weighted by Gasteiger charge is -2.33. The fraction of sp³-hybridized carbons (Fsp3) is 0.286. The van der Waals surface area contributed by atoms with Crippen LogP contribution in [0.3, 0.4) is 0 Å². The van der Waals surface area contributed by atoms with Crippen LogP contribution >= 0.6 is 22.9 Å². The first kappa shape index (κ1) is 46.9. The van der Waals surface area contributed by atoms with Gasteiger partial charge in [0.05, 0.1) is 28.9 Å². The Bertz CT molecular complexity index is 3650. The van der Waals surface area contributed by atoms with Crippen LogP contribution in [0.1, 0.15) is 139 Å². The van der Waals surface area contributed by atoms with Gasteiger partial charge in [0.1, 0.15) is 0 Å². The Morgan fingerprint density at radius 1 is 0.360 bits per heavy atom. The average Bonchev–Trinajstić information content (AvgIpc) is 3.86. The molecule has 0 aliphatic carbocycles. The first-order chi connectivity index (χ1) is 37.3. The van der Waals surface area contributed by atoms with E-state index in [4.69, 9.17) is 15.7 Å². The highest BCUT2D eigenvalue weighted by atomic mass is 35.5. The number of fused-ring (bicyclic) bond motifs is 1. The molecule has 0 atom stereocenters. The molecule has 0 amide bonds. The van der Waals surface area contributed by atoms with Crippen molar-refractivity contribution in [3.05, 3.63) is 220 Å². The van der Waals surface area contributed by atoms with Crippen molar-refractivity contribution in [2.45, 2.75) is 131 Å². The molecule has 75 heavy (non-hydrogen) atoms. The third-order valence-electron chi connectivity index (χ3n) is 14.3. The summed E-state index contributed by atoms with van der Waals surface area (Å²) in [6.07, 6.45) is 0. The molecule has 0 radical (unpaired) electrons. The topological polar surface area (TPSA) is 9.72 Å². The molecular weight excluding hydrogens is 950 g/mol. The van der Waals surface area contributed by atoms with Crippen LogP contribution in [0.25, 0.3) is 21.2 Å². The van der Waals surface area contributed by atoms with Crippen LogP contribution in [-0.2, 0) is 27.1 Å². The second-order valence-corrected chi connectivity index (χ2v) is 26.4. The second-order valence-electron chi connectivity index (χ2n) is 25.1. The fourth-order valence-electron chi connectivity index (χ4n) is 9.61. The van der Waals surface area contributed by atoms with Gasteiger partial charge in [-0.1, -0.05) is 206 Å². The number of anilines is 9. The van der Waals surface area contributed by atoms with Gasteiger partial charge in [-0.25, -0.2) is 0 Å². The molecule has 0 N–H and O–H groups in total. The Kier molecular flexibility index (Phi) is 12.6. The van der Waals surface area contributed by atoms with Crippen molar-refractivity contribution >= 4 is 84.2 Å². The molecule has 0 fully saturated rings. The summed E-state index contributed by atoms with van der Waals surface area (Å²) in [5, 5.41) is 3.61. The van der Waals surface area contributed by atoms with E-state index < -0.39 is 18.1 Å². The first-order valence-corrected chi connectivity index (χ1v) is 27.4. The van der Waals surface area contributed by atoms with Gasteiger partial charge in [0.15, 0.2) is 0 Å². The van der Waals surface area contributed by atoms with Gasteiger partial charge in [-0.15, -0.1) is 11.3 Å². The van der Waals surface area contributed by atoms with E-state index in [1.807, 2.05) is 12.1 Å². The Morgan fingerprint density at radius 3 is 1.16 bits per heavy atom. The van der Waals surface area contributed by atoms with Gasteiger partial charge in [0, 0.05) is 49.6 Å². The maximum atomic E-state index is 9.46. The van der Waals surface area contributed by atoms with Gasteiger partial charge in [0.2, 0.25) is 0 Å². The van der Waals surface area contributed by atoms with Crippen molar-refractivity contribution in [3.63, 3.8) is 0 Å². The zero-order chi connectivity index (χ0) is 58.2. The van der Waals surface area contributed by atoms with E-state index in [-0.39, 0.29) is 44.7 Å². The minimum absolute atomic E-state index is 0.0418. The van der Waals surface area contributed by atoms with Crippen molar-refractivity contribution < 1.29 is 6.85 Å². The first-order valence-electron chi connectivity index (χ1n) is 28.7. The van der Waals surface area contributed by atoms with E-state index in [1.165, 1.54) is 22.3 Å². The maximum Gasteiger partial charge on any atom is 0.0887 e. The van der Waals surface area contributed by atoms with Crippen LogP contribution < -0.4 is 14.7 Å². The molecule has 9 aromatic rings. The van der Waals surface area contributed by atoms with Crippen LogP contribution in [0.4, 0.5) is 51.2 Å². The summed E-state index contributed by atoms with van der Waals surface area (Å²) in [6.45, 7) is 33.3. The number of rotatable bonds is 10. The molecule has 1 aromatic heterocycles. The van der Waals surface area contributed by atoms with E-state index in [0.717, 1.165) is 55.5 Å². The molecule has 3 nitrogen and oxygen atoms in total. The maximum absolute atomic E-state index is 9.46. The zero-order valence-corrected chi connectivity index (χ0v) is 48.2. The SMILES string of the molecule is [2H]c1c([2H])c([2H])c(-c2cc(N(c3ccc(C(C)(C)C)cc3)c3cccc(N(c4ccc(C(C)(C)C)cc4)c4ccc(C(C)(C)C)cc4)c3)c(Cl)c(N(c3ccc(C(C)(C)C)cc3)c3csc4ccc(C(C)(C)C)cc34)c2)c([2H])c1[2H]. The zero-order valence-electron chi connectivity index (χ0n) is 51.6. The second kappa shape index (κ2) is 20.2. The summed E-state index contributed by atoms with van der Waals surface area (Å²) in [4.78, 5) is 6.62. The van der Waals surface area contributed by atoms with E-state index in [0.29, 0.717) is 22.0 Å². The molecule has 0 bridgehead atoms. The molecule has 8 aromatic carbocycles. The van der Waals surface area contributed by atoms with Gasteiger partial charge in [-0.3, -0.25) is 0 Å². The molecular formula is C70H76ClN3S.